The molecule has 2 aromatic rings. The Morgan fingerprint density at radius 1 is 1.08 bits per heavy atom. The molecule has 2 rings (SSSR count). The number of Topliss-reactive ketones (excluding diaryl/α,β-unsaturated/α-hetero) is 1. The Hall–Kier alpha value is -2.47. The second-order valence-electron chi connectivity index (χ2n) is 5.65. The summed E-state index contributed by atoms with van der Waals surface area (Å²) in [7, 11) is 1.53. The third kappa shape index (κ3) is 5.81. The molecular formula is C20H23NO4S. The van der Waals surface area contributed by atoms with Gasteiger partial charge in [-0.1, -0.05) is 0 Å². The van der Waals surface area contributed by atoms with Gasteiger partial charge in [0.1, 0.15) is 0 Å². The average Bonchev–Trinajstić information content (AvgIpc) is 2.65. The van der Waals surface area contributed by atoms with Gasteiger partial charge in [-0.25, -0.2) is 0 Å². The van der Waals surface area contributed by atoms with E-state index >= 15 is 0 Å². The van der Waals surface area contributed by atoms with Gasteiger partial charge in [-0.05, 0) is 62.1 Å². The van der Waals surface area contributed by atoms with Crippen LogP contribution in [0.4, 0.5) is 5.69 Å². The Balaban J connectivity index is 1.79. The van der Waals surface area contributed by atoms with Crippen molar-refractivity contribution >= 4 is 29.1 Å². The first-order valence-corrected chi connectivity index (χ1v) is 9.51. The van der Waals surface area contributed by atoms with Crippen LogP contribution in [0.1, 0.15) is 30.1 Å². The molecule has 0 bridgehead atoms. The summed E-state index contributed by atoms with van der Waals surface area (Å²) in [4.78, 5) is 24.5. The predicted octanol–water partition coefficient (Wildman–Crippen LogP) is 4.42. The van der Waals surface area contributed by atoms with Gasteiger partial charge in [0.15, 0.2) is 17.3 Å². The lowest BCUT2D eigenvalue weighted by Gasteiger charge is -2.11. The van der Waals surface area contributed by atoms with E-state index in [1.165, 1.54) is 14.0 Å². The lowest BCUT2D eigenvalue weighted by Crippen LogP contribution is -2.12. The van der Waals surface area contributed by atoms with Gasteiger partial charge in [0.05, 0.1) is 13.7 Å². The van der Waals surface area contributed by atoms with Gasteiger partial charge in [0.25, 0.3) is 0 Å². The topological polar surface area (TPSA) is 64.6 Å². The van der Waals surface area contributed by atoms with Crippen LogP contribution in [0.3, 0.4) is 0 Å². The van der Waals surface area contributed by atoms with Gasteiger partial charge in [-0.2, -0.15) is 0 Å². The fourth-order valence-electron chi connectivity index (χ4n) is 2.32. The summed E-state index contributed by atoms with van der Waals surface area (Å²) in [5.74, 6) is 0.989. The maximum atomic E-state index is 12.0. The van der Waals surface area contributed by atoms with Crippen LogP contribution in [0, 0.1) is 0 Å². The molecule has 0 saturated heterocycles. The first-order chi connectivity index (χ1) is 12.5. The highest BCUT2D eigenvalue weighted by molar-refractivity contribution is 7.98. The molecule has 6 heteroatoms. The monoisotopic (exact) mass is 373 g/mol. The van der Waals surface area contributed by atoms with Crippen LogP contribution in [0.25, 0.3) is 0 Å². The maximum Gasteiger partial charge on any atom is 0.224 e. The van der Waals surface area contributed by atoms with Gasteiger partial charge in [0, 0.05) is 22.6 Å². The summed E-state index contributed by atoms with van der Waals surface area (Å²) in [5, 5.41) is 2.87. The standard InChI is InChI=1S/C20H23NO4S/c1-14(22)15-6-11-18(19(13-15)24-2)25-12-4-5-20(23)21-16-7-9-17(26-3)10-8-16/h6-11,13H,4-5,12H2,1-3H3,(H,21,23). The van der Waals surface area contributed by atoms with E-state index < -0.39 is 0 Å². The summed E-state index contributed by atoms with van der Waals surface area (Å²) in [6.07, 6.45) is 2.95. The summed E-state index contributed by atoms with van der Waals surface area (Å²) < 4.78 is 10.9. The van der Waals surface area contributed by atoms with Crippen molar-refractivity contribution in [1.82, 2.24) is 0 Å². The van der Waals surface area contributed by atoms with E-state index in [4.69, 9.17) is 9.47 Å². The minimum atomic E-state index is -0.0515. The predicted molar refractivity (Wildman–Crippen MR) is 105 cm³/mol. The molecule has 5 nitrogen and oxygen atoms in total. The van der Waals surface area contributed by atoms with Gasteiger partial charge in [-0.3, -0.25) is 9.59 Å². The first-order valence-electron chi connectivity index (χ1n) is 8.29. The third-order valence-electron chi connectivity index (χ3n) is 3.75. The van der Waals surface area contributed by atoms with Crippen LogP contribution in [0.2, 0.25) is 0 Å². The lowest BCUT2D eigenvalue weighted by molar-refractivity contribution is -0.116. The zero-order chi connectivity index (χ0) is 18.9. The van der Waals surface area contributed by atoms with Crippen LogP contribution in [-0.4, -0.2) is 31.7 Å². The Labute approximate surface area is 158 Å². The zero-order valence-corrected chi connectivity index (χ0v) is 16.0. The first kappa shape index (κ1) is 19.8. The van der Waals surface area contributed by atoms with E-state index in [2.05, 4.69) is 5.32 Å². The maximum absolute atomic E-state index is 12.0. The average molecular weight is 373 g/mol. The Morgan fingerprint density at radius 3 is 2.42 bits per heavy atom. The molecular weight excluding hydrogens is 350 g/mol. The Morgan fingerprint density at radius 2 is 1.81 bits per heavy atom. The number of hydrogen-bond donors (Lipinski definition) is 1. The van der Waals surface area contributed by atoms with E-state index in [1.54, 1.807) is 30.0 Å². The number of carbonyl (C=O) groups excluding carboxylic acids is 2. The van der Waals surface area contributed by atoms with Crippen molar-refractivity contribution in [3.63, 3.8) is 0 Å². The van der Waals surface area contributed by atoms with E-state index in [-0.39, 0.29) is 11.7 Å². The summed E-state index contributed by atoms with van der Waals surface area (Å²) in [6.45, 7) is 1.89. The molecule has 0 aromatic heterocycles. The SMILES string of the molecule is COc1cc(C(C)=O)ccc1OCCCC(=O)Nc1ccc(SC)cc1. The highest BCUT2D eigenvalue weighted by Crippen LogP contribution is 2.28. The summed E-state index contributed by atoms with van der Waals surface area (Å²) in [6, 6.07) is 12.8. The van der Waals surface area contributed by atoms with Crippen molar-refractivity contribution in [2.75, 3.05) is 25.3 Å². The molecule has 26 heavy (non-hydrogen) atoms. The summed E-state index contributed by atoms with van der Waals surface area (Å²) in [5.41, 5.74) is 1.36. The van der Waals surface area contributed by atoms with Crippen molar-refractivity contribution in [3.8, 4) is 11.5 Å². The van der Waals surface area contributed by atoms with E-state index in [0.717, 1.165) is 10.6 Å². The van der Waals surface area contributed by atoms with Gasteiger partial charge in [0.2, 0.25) is 5.91 Å². The molecule has 138 valence electrons. The molecule has 0 aliphatic heterocycles. The molecule has 0 atom stereocenters. The number of thioether (sulfide) groups is 1. The van der Waals surface area contributed by atoms with Crippen LogP contribution in [0.15, 0.2) is 47.4 Å². The number of ether oxygens (including phenoxy) is 2. The second kappa shape index (κ2) is 9.87. The fourth-order valence-corrected chi connectivity index (χ4v) is 2.73. The van der Waals surface area contributed by atoms with Crippen molar-refractivity contribution in [1.29, 1.82) is 0 Å². The largest absolute Gasteiger partial charge is 0.493 e. The quantitative estimate of drug-likeness (QED) is 0.400. The minimum absolute atomic E-state index is 0.0305. The number of amides is 1. The molecule has 0 aliphatic carbocycles. The van der Waals surface area contributed by atoms with Crippen molar-refractivity contribution in [3.05, 3.63) is 48.0 Å². The molecule has 0 heterocycles. The number of carbonyl (C=O) groups is 2. The molecule has 0 aliphatic rings. The Kier molecular flexibility index (Phi) is 7.53. The summed E-state index contributed by atoms with van der Waals surface area (Å²) >= 11 is 1.66. The molecule has 0 fully saturated rings. The number of anilines is 1. The molecule has 0 spiro atoms. The van der Waals surface area contributed by atoms with Crippen LogP contribution in [-0.2, 0) is 4.79 Å². The van der Waals surface area contributed by atoms with Crippen LogP contribution in [0.5, 0.6) is 11.5 Å². The van der Waals surface area contributed by atoms with Gasteiger partial charge >= 0.3 is 0 Å². The zero-order valence-electron chi connectivity index (χ0n) is 15.2. The number of rotatable bonds is 9. The molecule has 0 unspecified atom stereocenters. The third-order valence-corrected chi connectivity index (χ3v) is 4.49. The van der Waals surface area contributed by atoms with Crippen LogP contribution >= 0.6 is 11.8 Å². The molecule has 0 radical (unpaired) electrons. The van der Waals surface area contributed by atoms with Crippen molar-refractivity contribution in [2.45, 2.75) is 24.7 Å². The Bertz CT molecular complexity index is 759. The molecule has 1 N–H and O–H groups in total. The normalized spacial score (nSPS) is 10.3. The van der Waals surface area contributed by atoms with Crippen molar-refractivity contribution < 1.29 is 19.1 Å². The van der Waals surface area contributed by atoms with Gasteiger partial charge in [-0.15, -0.1) is 11.8 Å². The fraction of sp³-hybridized carbons (Fsp3) is 0.300. The number of benzene rings is 2. The second-order valence-corrected chi connectivity index (χ2v) is 6.53. The van der Waals surface area contributed by atoms with Crippen molar-refractivity contribution in [2.24, 2.45) is 0 Å². The van der Waals surface area contributed by atoms with E-state index in [1.807, 2.05) is 30.5 Å². The minimum Gasteiger partial charge on any atom is -0.493 e. The highest BCUT2D eigenvalue weighted by Gasteiger charge is 2.09. The molecule has 2 aromatic carbocycles. The molecule has 0 saturated carbocycles. The number of nitrogens with one attached hydrogen (secondary N) is 1. The van der Waals surface area contributed by atoms with E-state index in [0.29, 0.717) is 36.5 Å². The van der Waals surface area contributed by atoms with Crippen LogP contribution < -0.4 is 14.8 Å². The number of methoxy groups -OCH3 is 1. The highest BCUT2D eigenvalue weighted by atomic mass is 32.2. The lowest BCUT2D eigenvalue weighted by atomic mass is 10.1. The van der Waals surface area contributed by atoms with Gasteiger partial charge < -0.3 is 14.8 Å². The van der Waals surface area contributed by atoms with E-state index in [9.17, 15) is 9.59 Å². The molecule has 1 amide bonds. The smallest absolute Gasteiger partial charge is 0.224 e. The number of hydrogen-bond acceptors (Lipinski definition) is 5. The number of ketones is 1.